The molecule has 2 aromatic carbocycles. The van der Waals surface area contributed by atoms with Gasteiger partial charge in [0.2, 0.25) is 5.91 Å². The van der Waals surface area contributed by atoms with Gasteiger partial charge in [-0.25, -0.2) is 4.79 Å². The standard InChI is InChI=1S/C26H33N3O2/c1-26(2,3)24(30)27-19-17-22-15-10-16-23(18-19)29(22)25(31)28(20-11-6-4-7-12-20)21-13-8-5-9-14-21/h4-9,11-14,19,22-23H,10,15-18H2,1-3H3,(H,27,30)/t22-,23-/m0/s1. The summed E-state index contributed by atoms with van der Waals surface area (Å²) in [6.07, 6.45) is 4.75. The van der Waals surface area contributed by atoms with Crippen molar-refractivity contribution in [3.63, 3.8) is 0 Å². The Labute approximate surface area is 185 Å². The number of hydrogen-bond donors (Lipinski definition) is 1. The fourth-order valence-electron chi connectivity index (χ4n) is 4.85. The Hall–Kier alpha value is -2.82. The molecule has 5 heteroatoms. The largest absolute Gasteiger partial charge is 0.353 e. The van der Waals surface area contributed by atoms with Gasteiger partial charge < -0.3 is 10.2 Å². The second kappa shape index (κ2) is 8.74. The van der Waals surface area contributed by atoms with Crippen molar-refractivity contribution in [2.45, 2.75) is 71.0 Å². The molecule has 0 aliphatic carbocycles. The van der Waals surface area contributed by atoms with Crippen molar-refractivity contribution in [1.29, 1.82) is 0 Å². The molecular formula is C26H33N3O2. The molecule has 0 radical (unpaired) electrons. The van der Waals surface area contributed by atoms with Gasteiger partial charge in [-0.1, -0.05) is 57.2 Å². The molecule has 0 unspecified atom stereocenters. The first-order valence-electron chi connectivity index (χ1n) is 11.4. The SMILES string of the molecule is CC(C)(C)C(=O)NC1C[C@@H]2CCC[C@@H](C1)N2C(=O)N(c1ccccc1)c1ccccc1. The van der Waals surface area contributed by atoms with Crippen LogP contribution in [0.3, 0.4) is 0 Å². The van der Waals surface area contributed by atoms with Gasteiger partial charge in [0, 0.05) is 23.5 Å². The van der Waals surface area contributed by atoms with Crippen LogP contribution in [0.2, 0.25) is 0 Å². The van der Waals surface area contributed by atoms with Crippen LogP contribution in [0.4, 0.5) is 16.2 Å². The van der Waals surface area contributed by atoms with Crippen molar-refractivity contribution in [3.8, 4) is 0 Å². The summed E-state index contributed by atoms with van der Waals surface area (Å²) in [5.41, 5.74) is 1.35. The summed E-state index contributed by atoms with van der Waals surface area (Å²) in [6, 6.07) is 20.2. The second-order valence-corrected chi connectivity index (χ2v) is 9.83. The first-order chi connectivity index (χ1) is 14.8. The molecule has 5 nitrogen and oxygen atoms in total. The number of urea groups is 1. The predicted octanol–water partition coefficient (Wildman–Crippen LogP) is 5.49. The van der Waals surface area contributed by atoms with Crippen molar-refractivity contribution in [3.05, 3.63) is 60.7 Å². The molecule has 2 aliphatic rings. The molecule has 0 saturated carbocycles. The van der Waals surface area contributed by atoms with Crippen LogP contribution in [-0.2, 0) is 4.79 Å². The number of nitrogens with one attached hydrogen (secondary N) is 1. The van der Waals surface area contributed by atoms with Crippen LogP contribution in [0.1, 0.15) is 52.9 Å². The molecule has 1 N–H and O–H groups in total. The van der Waals surface area contributed by atoms with E-state index in [4.69, 9.17) is 0 Å². The third-order valence-electron chi connectivity index (χ3n) is 6.43. The summed E-state index contributed by atoms with van der Waals surface area (Å²) in [4.78, 5) is 30.4. The number of nitrogens with zero attached hydrogens (tertiary/aromatic N) is 2. The van der Waals surface area contributed by atoms with E-state index in [1.807, 2.05) is 86.3 Å². The minimum absolute atomic E-state index is 0.0349. The van der Waals surface area contributed by atoms with Gasteiger partial charge >= 0.3 is 6.03 Å². The quantitative estimate of drug-likeness (QED) is 0.715. The van der Waals surface area contributed by atoms with Crippen LogP contribution in [-0.4, -0.2) is 35.0 Å². The van der Waals surface area contributed by atoms with Crippen LogP contribution in [0.5, 0.6) is 0 Å². The fourth-order valence-corrected chi connectivity index (χ4v) is 4.85. The normalized spacial score (nSPS) is 23.2. The Bertz CT molecular complexity index is 854. The van der Waals surface area contributed by atoms with E-state index in [9.17, 15) is 9.59 Å². The number of carbonyl (C=O) groups is 2. The molecule has 0 aromatic heterocycles. The van der Waals surface area contributed by atoms with Gasteiger partial charge in [-0.2, -0.15) is 0 Å². The Morgan fingerprint density at radius 2 is 1.35 bits per heavy atom. The van der Waals surface area contributed by atoms with Gasteiger partial charge in [0.05, 0.1) is 11.4 Å². The third kappa shape index (κ3) is 4.60. The molecule has 164 valence electrons. The molecule has 2 atom stereocenters. The van der Waals surface area contributed by atoms with Crippen LogP contribution < -0.4 is 10.2 Å². The summed E-state index contributed by atoms with van der Waals surface area (Å²) >= 11 is 0. The highest BCUT2D eigenvalue weighted by Gasteiger charge is 2.43. The summed E-state index contributed by atoms with van der Waals surface area (Å²) < 4.78 is 0. The highest BCUT2D eigenvalue weighted by atomic mass is 16.2. The monoisotopic (exact) mass is 419 g/mol. The molecule has 2 aromatic rings. The molecule has 4 rings (SSSR count). The first-order valence-corrected chi connectivity index (χ1v) is 11.4. The highest BCUT2D eigenvalue weighted by molar-refractivity contribution is 5.99. The zero-order valence-corrected chi connectivity index (χ0v) is 18.8. The molecule has 31 heavy (non-hydrogen) atoms. The van der Waals surface area contributed by atoms with Gasteiger partial charge in [0.15, 0.2) is 0 Å². The van der Waals surface area contributed by atoms with Crippen LogP contribution in [0.25, 0.3) is 0 Å². The van der Waals surface area contributed by atoms with Gasteiger partial charge in [0.25, 0.3) is 0 Å². The molecule has 2 aliphatic heterocycles. The molecule has 2 heterocycles. The zero-order chi connectivity index (χ0) is 22.0. The Balaban J connectivity index is 1.59. The van der Waals surface area contributed by atoms with E-state index in [1.165, 1.54) is 0 Å². The zero-order valence-electron chi connectivity index (χ0n) is 18.8. The van der Waals surface area contributed by atoms with Crippen LogP contribution >= 0.6 is 0 Å². The number of fused-ring (bicyclic) bond motifs is 2. The smallest absolute Gasteiger partial charge is 0.329 e. The summed E-state index contributed by atoms with van der Waals surface area (Å²) in [5, 5.41) is 3.25. The molecule has 3 amide bonds. The number of carbonyl (C=O) groups excluding carboxylic acids is 2. The van der Waals surface area contributed by atoms with Gasteiger partial charge in [0.1, 0.15) is 0 Å². The predicted molar refractivity (Wildman–Crippen MR) is 124 cm³/mol. The van der Waals surface area contributed by atoms with E-state index >= 15 is 0 Å². The van der Waals surface area contributed by atoms with E-state index in [2.05, 4.69) is 10.2 Å². The van der Waals surface area contributed by atoms with E-state index in [0.29, 0.717) is 0 Å². The van der Waals surface area contributed by atoms with Gasteiger partial charge in [-0.15, -0.1) is 0 Å². The number of hydrogen-bond acceptors (Lipinski definition) is 2. The topological polar surface area (TPSA) is 52.7 Å². The summed E-state index contributed by atoms with van der Waals surface area (Å²) in [7, 11) is 0. The van der Waals surface area contributed by atoms with Crippen LogP contribution in [0, 0.1) is 5.41 Å². The number of para-hydroxylation sites is 2. The third-order valence-corrected chi connectivity index (χ3v) is 6.43. The van der Waals surface area contributed by atoms with E-state index in [0.717, 1.165) is 43.5 Å². The lowest BCUT2D eigenvalue weighted by Crippen LogP contribution is -2.61. The summed E-state index contributed by atoms with van der Waals surface area (Å²) in [5.74, 6) is 0.0885. The summed E-state index contributed by atoms with van der Waals surface area (Å²) in [6.45, 7) is 5.83. The maximum atomic E-state index is 14.0. The van der Waals surface area contributed by atoms with Gasteiger partial charge in [-0.3, -0.25) is 9.69 Å². The van der Waals surface area contributed by atoms with Crippen molar-refractivity contribution in [2.24, 2.45) is 5.41 Å². The number of benzene rings is 2. The lowest BCUT2D eigenvalue weighted by Gasteiger charge is -2.50. The van der Waals surface area contributed by atoms with Gasteiger partial charge in [-0.05, 0) is 56.4 Å². The van der Waals surface area contributed by atoms with Crippen LogP contribution in [0.15, 0.2) is 60.7 Å². The maximum Gasteiger partial charge on any atom is 0.329 e. The van der Waals surface area contributed by atoms with Crippen molar-refractivity contribution >= 4 is 23.3 Å². The fraction of sp³-hybridized carbons (Fsp3) is 0.462. The molecule has 2 bridgehead atoms. The molecule has 2 fully saturated rings. The number of piperidine rings is 2. The van der Waals surface area contributed by atoms with Crippen molar-refractivity contribution in [1.82, 2.24) is 10.2 Å². The highest BCUT2D eigenvalue weighted by Crippen LogP contribution is 2.37. The number of anilines is 2. The lowest BCUT2D eigenvalue weighted by atomic mass is 9.81. The Morgan fingerprint density at radius 3 is 1.81 bits per heavy atom. The number of rotatable bonds is 3. The van der Waals surface area contributed by atoms with Crippen molar-refractivity contribution in [2.75, 3.05) is 4.90 Å². The molecule has 0 spiro atoms. The Kier molecular flexibility index (Phi) is 6.03. The first kappa shape index (κ1) is 21.4. The number of amides is 3. The van der Waals surface area contributed by atoms with E-state index in [1.54, 1.807) is 0 Å². The maximum absolute atomic E-state index is 14.0. The lowest BCUT2D eigenvalue weighted by molar-refractivity contribution is -0.129. The Morgan fingerprint density at radius 1 is 0.871 bits per heavy atom. The van der Waals surface area contributed by atoms with E-state index < -0.39 is 5.41 Å². The minimum atomic E-state index is -0.403. The average molecular weight is 420 g/mol. The van der Waals surface area contributed by atoms with E-state index in [-0.39, 0.29) is 30.1 Å². The minimum Gasteiger partial charge on any atom is -0.353 e. The molecular weight excluding hydrogens is 386 g/mol. The second-order valence-electron chi connectivity index (χ2n) is 9.83. The molecule has 2 saturated heterocycles. The van der Waals surface area contributed by atoms with Crippen molar-refractivity contribution < 1.29 is 9.59 Å². The average Bonchev–Trinajstić information content (AvgIpc) is 2.74.